The zero-order valence-corrected chi connectivity index (χ0v) is 19.1. The number of alkyl halides is 3. The van der Waals surface area contributed by atoms with Crippen LogP contribution in [0.15, 0.2) is 29.4 Å². The molecule has 14 heteroatoms. The number of halogens is 6. The first-order valence-electron chi connectivity index (χ1n) is 10.7. The van der Waals surface area contributed by atoms with Crippen molar-refractivity contribution in [2.75, 3.05) is 6.54 Å². The number of aromatic nitrogens is 4. The molecule has 36 heavy (non-hydrogen) atoms. The van der Waals surface area contributed by atoms with E-state index in [0.717, 1.165) is 29.1 Å². The van der Waals surface area contributed by atoms with Crippen molar-refractivity contribution in [2.45, 2.75) is 37.6 Å². The third kappa shape index (κ3) is 4.11. The highest BCUT2D eigenvalue weighted by Crippen LogP contribution is 2.40. The van der Waals surface area contributed by atoms with Gasteiger partial charge in [-0.25, -0.2) is 23.4 Å². The number of rotatable bonds is 4. The number of aliphatic imine (C=N–C) groups is 1. The van der Waals surface area contributed by atoms with Crippen LogP contribution in [-0.2, 0) is 6.18 Å². The van der Waals surface area contributed by atoms with Crippen molar-refractivity contribution in [1.82, 2.24) is 25.1 Å². The first-order chi connectivity index (χ1) is 16.9. The predicted octanol–water partition coefficient (Wildman–Crippen LogP) is 3.78. The van der Waals surface area contributed by atoms with E-state index in [4.69, 9.17) is 11.6 Å². The first-order valence-corrected chi connectivity index (χ1v) is 11.0. The van der Waals surface area contributed by atoms with Crippen molar-refractivity contribution >= 4 is 23.2 Å². The molecule has 1 amide bonds. The van der Waals surface area contributed by atoms with Crippen LogP contribution in [-0.4, -0.2) is 48.6 Å². The summed E-state index contributed by atoms with van der Waals surface area (Å²) in [5.74, 6) is -3.23. The summed E-state index contributed by atoms with van der Waals surface area (Å²) < 4.78 is 71.4. The van der Waals surface area contributed by atoms with Gasteiger partial charge in [0.25, 0.3) is 5.91 Å². The number of nitrogens with zero attached hydrogens (tertiary/aromatic N) is 5. The van der Waals surface area contributed by atoms with E-state index in [1.165, 1.54) is 6.92 Å². The largest absolute Gasteiger partial charge is 0.434 e. The van der Waals surface area contributed by atoms with Crippen molar-refractivity contribution < 1.29 is 31.9 Å². The summed E-state index contributed by atoms with van der Waals surface area (Å²) in [5, 5.41) is 15.6. The van der Waals surface area contributed by atoms with Crippen LogP contribution in [0, 0.1) is 11.6 Å². The fourth-order valence-corrected chi connectivity index (χ4v) is 4.15. The van der Waals surface area contributed by atoms with Crippen LogP contribution in [0.5, 0.6) is 0 Å². The van der Waals surface area contributed by atoms with Gasteiger partial charge in [-0.3, -0.25) is 9.79 Å². The van der Waals surface area contributed by atoms with E-state index < -0.39 is 62.9 Å². The van der Waals surface area contributed by atoms with E-state index in [1.807, 2.05) is 0 Å². The molecule has 3 heterocycles. The van der Waals surface area contributed by atoms with Gasteiger partial charge in [-0.1, -0.05) is 17.7 Å². The minimum atomic E-state index is -4.98. The van der Waals surface area contributed by atoms with Gasteiger partial charge in [-0.05, 0) is 31.9 Å². The SMILES string of the molecule is C[C@@H]1N=C(c2c(F)cccc2F)c2c(cnc(C(F)(F)F)c2Cl)-n2nc(C(=O)NCC3(O)CC3)nc21. The van der Waals surface area contributed by atoms with Gasteiger partial charge in [-0.2, -0.15) is 13.2 Å². The maximum absolute atomic E-state index is 14.8. The summed E-state index contributed by atoms with van der Waals surface area (Å²) in [6.45, 7) is 1.44. The summed E-state index contributed by atoms with van der Waals surface area (Å²) in [4.78, 5) is 24.4. The standard InChI is InChI=1S/C22H16ClF5N6O2/c1-9-19-32-18(20(35)30-8-21(36)5-6-21)33-34(19)12-7-29-17(22(26,27)28)15(23)14(12)16(31-9)13-10(24)3-2-4-11(13)25/h2-4,7,9,36H,5-6,8H2,1H3,(H,30,35)/t9-/m0/s1. The molecule has 1 aliphatic heterocycles. The minimum Gasteiger partial charge on any atom is -0.388 e. The van der Waals surface area contributed by atoms with Crippen molar-refractivity contribution in [3.8, 4) is 5.69 Å². The van der Waals surface area contributed by atoms with Gasteiger partial charge >= 0.3 is 6.18 Å². The van der Waals surface area contributed by atoms with E-state index in [1.54, 1.807) is 0 Å². The predicted molar refractivity (Wildman–Crippen MR) is 116 cm³/mol. The normalized spacial score (nSPS) is 18.1. The highest BCUT2D eigenvalue weighted by Gasteiger charge is 2.42. The molecule has 1 atom stereocenters. The molecule has 5 rings (SSSR count). The first kappa shape index (κ1) is 24.3. The average Bonchev–Trinajstić information content (AvgIpc) is 3.39. The number of carbonyl (C=O) groups is 1. The molecular formula is C22H16ClF5N6O2. The molecule has 188 valence electrons. The Balaban J connectivity index is 1.71. The number of pyridine rings is 1. The molecular weight excluding hydrogens is 511 g/mol. The van der Waals surface area contributed by atoms with Gasteiger partial charge in [0, 0.05) is 12.1 Å². The molecule has 0 bridgehead atoms. The molecule has 0 unspecified atom stereocenters. The lowest BCUT2D eigenvalue weighted by atomic mass is 9.99. The van der Waals surface area contributed by atoms with Gasteiger partial charge in [0.15, 0.2) is 11.5 Å². The molecule has 1 aliphatic carbocycles. The van der Waals surface area contributed by atoms with Gasteiger partial charge in [0.1, 0.15) is 17.7 Å². The van der Waals surface area contributed by atoms with E-state index in [-0.39, 0.29) is 23.9 Å². The fourth-order valence-electron chi connectivity index (χ4n) is 3.80. The summed E-state index contributed by atoms with van der Waals surface area (Å²) >= 11 is 6.15. The van der Waals surface area contributed by atoms with Crippen LogP contribution in [0.25, 0.3) is 5.69 Å². The van der Waals surface area contributed by atoms with Crippen molar-refractivity contribution in [3.05, 3.63) is 69.5 Å². The maximum Gasteiger partial charge on any atom is 0.434 e. The summed E-state index contributed by atoms with van der Waals surface area (Å²) in [5.41, 5.74) is -4.33. The topological polar surface area (TPSA) is 105 Å². The van der Waals surface area contributed by atoms with Crippen LogP contribution in [0.2, 0.25) is 5.02 Å². The Hall–Kier alpha value is -3.45. The number of nitrogens with one attached hydrogen (secondary N) is 1. The second-order valence-corrected chi connectivity index (χ2v) is 8.92. The zero-order chi connectivity index (χ0) is 26.0. The quantitative estimate of drug-likeness (QED) is 0.503. The lowest BCUT2D eigenvalue weighted by Crippen LogP contribution is -2.34. The number of amides is 1. The van der Waals surface area contributed by atoms with Crippen LogP contribution >= 0.6 is 11.6 Å². The smallest absolute Gasteiger partial charge is 0.388 e. The Kier molecular flexibility index (Phi) is 5.59. The average molecular weight is 527 g/mol. The van der Waals surface area contributed by atoms with Crippen LogP contribution in [0.4, 0.5) is 22.0 Å². The maximum atomic E-state index is 14.8. The molecule has 2 N–H and O–H groups in total. The van der Waals surface area contributed by atoms with Crippen molar-refractivity contribution in [1.29, 1.82) is 0 Å². The van der Waals surface area contributed by atoms with E-state index in [2.05, 4.69) is 25.4 Å². The number of hydrogen-bond donors (Lipinski definition) is 2. The molecule has 1 fully saturated rings. The fraction of sp³-hybridized carbons (Fsp3) is 0.318. The van der Waals surface area contributed by atoms with Gasteiger partial charge in [0.05, 0.1) is 33.8 Å². The number of carbonyl (C=O) groups excluding carboxylic acids is 1. The second kappa shape index (κ2) is 8.30. The lowest BCUT2D eigenvalue weighted by molar-refractivity contribution is -0.141. The monoisotopic (exact) mass is 526 g/mol. The van der Waals surface area contributed by atoms with Crippen molar-refractivity contribution in [3.63, 3.8) is 0 Å². The Morgan fingerprint density at radius 3 is 2.53 bits per heavy atom. The van der Waals surface area contributed by atoms with E-state index >= 15 is 0 Å². The van der Waals surface area contributed by atoms with Gasteiger partial charge in [0.2, 0.25) is 5.82 Å². The molecule has 0 spiro atoms. The molecule has 3 aromatic rings. The van der Waals surface area contributed by atoms with Crippen LogP contribution in [0.3, 0.4) is 0 Å². The van der Waals surface area contributed by atoms with E-state index in [0.29, 0.717) is 12.8 Å². The molecule has 0 saturated heterocycles. The number of aliphatic hydroxyl groups is 1. The highest BCUT2D eigenvalue weighted by atomic mass is 35.5. The van der Waals surface area contributed by atoms with E-state index in [9.17, 15) is 31.9 Å². The van der Waals surface area contributed by atoms with Crippen molar-refractivity contribution in [2.24, 2.45) is 4.99 Å². The second-order valence-electron chi connectivity index (χ2n) is 8.54. The Morgan fingerprint density at radius 1 is 1.25 bits per heavy atom. The molecule has 1 saturated carbocycles. The summed E-state index contributed by atoms with van der Waals surface area (Å²) in [7, 11) is 0. The number of hydrogen-bond acceptors (Lipinski definition) is 6. The van der Waals surface area contributed by atoms with Gasteiger partial charge < -0.3 is 10.4 Å². The van der Waals surface area contributed by atoms with Crippen LogP contribution in [0.1, 0.15) is 59.1 Å². The zero-order valence-electron chi connectivity index (χ0n) is 18.4. The number of benzene rings is 1. The molecule has 8 nitrogen and oxygen atoms in total. The van der Waals surface area contributed by atoms with Gasteiger partial charge in [-0.15, -0.1) is 5.10 Å². The molecule has 2 aliphatic rings. The minimum absolute atomic E-state index is 0.00379. The molecule has 2 aromatic heterocycles. The Morgan fingerprint density at radius 2 is 1.92 bits per heavy atom. The summed E-state index contributed by atoms with van der Waals surface area (Å²) in [6, 6.07) is 1.95. The Bertz CT molecular complexity index is 1410. The lowest BCUT2D eigenvalue weighted by Gasteiger charge is -2.17. The third-order valence-electron chi connectivity index (χ3n) is 5.87. The summed E-state index contributed by atoms with van der Waals surface area (Å²) in [6.07, 6.45) is -3.15. The van der Waals surface area contributed by atoms with Crippen LogP contribution < -0.4 is 5.32 Å². The molecule has 0 radical (unpaired) electrons. The highest BCUT2D eigenvalue weighted by molar-refractivity contribution is 6.37. The number of fused-ring (bicyclic) bond motifs is 3. The molecule has 1 aromatic carbocycles. The third-order valence-corrected chi connectivity index (χ3v) is 6.24. The Labute approximate surface area is 204 Å².